The van der Waals surface area contributed by atoms with Gasteiger partial charge in [-0.25, -0.2) is 9.59 Å². The van der Waals surface area contributed by atoms with Crippen molar-refractivity contribution in [2.24, 2.45) is 0 Å². The first-order chi connectivity index (χ1) is 9.09. The third-order valence-corrected chi connectivity index (χ3v) is 4.31. The van der Waals surface area contributed by atoms with E-state index in [0.717, 1.165) is 32.4 Å². The number of rotatable bonds is 4. The number of amides is 2. The number of aliphatic carboxylic acids is 1. The first-order valence-electron chi connectivity index (χ1n) is 7.12. The Balaban J connectivity index is 1.98. The SMILES string of the molecule is CCN(C(=O)NC1(C(=O)O)CCC1)C1CCNCC1. The molecule has 19 heavy (non-hydrogen) atoms. The second kappa shape index (κ2) is 5.77. The van der Waals surface area contributed by atoms with Gasteiger partial charge in [0.1, 0.15) is 5.54 Å². The van der Waals surface area contributed by atoms with Crippen molar-refractivity contribution in [2.75, 3.05) is 19.6 Å². The molecule has 0 aromatic heterocycles. The lowest BCUT2D eigenvalue weighted by Crippen LogP contribution is -2.63. The number of hydrogen-bond acceptors (Lipinski definition) is 3. The molecule has 2 aliphatic rings. The quantitative estimate of drug-likeness (QED) is 0.704. The zero-order valence-corrected chi connectivity index (χ0v) is 11.4. The number of nitrogens with one attached hydrogen (secondary N) is 2. The molecule has 1 saturated carbocycles. The van der Waals surface area contributed by atoms with Crippen molar-refractivity contribution >= 4 is 12.0 Å². The van der Waals surface area contributed by atoms with Gasteiger partial charge in [0.15, 0.2) is 0 Å². The Morgan fingerprint density at radius 1 is 1.37 bits per heavy atom. The Kier molecular flexibility index (Phi) is 4.29. The average molecular weight is 269 g/mol. The lowest BCUT2D eigenvalue weighted by atomic mass is 9.77. The summed E-state index contributed by atoms with van der Waals surface area (Å²) in [6, 6.07) is -0.00586. The van der Waals surface area contributed by atoms with Crippen LogP contribution in [0.4, 0.5) is 4.79 Å². The van der Waals surface area contributed by atoms with E-state index in [-0.39, 0.29) is 12.1 Å². The molecule has 1 aliphatic carbocycles. The van der Waals surface area contributed by atoms with E-state index >= 15 is 0 Å². The van der Waals surface area contributed by atoms with Crippen LogP contribution in [0, 0.1) is 0 Å². The first kappa shape index (κ1) is 14.1. The standard InChI is InChI=1S/C13H23N3O3/c1-2-16(10-4-8-14-9-5-10)12(19)15-13(11(17)18)6-3-7-13/h10,14H,2-9H2,1H3,(H,15,19)(H,17,18). The highest BCUT2D eigenvalue weighted by molar-refractivity contribution is 5.87. The fourth-order valence-corrected chi connectivity index (χ4v) is 2.89. The number of hydrogen-bond donors (Lipinski definition) is 3. The summed E-state index contributed by atoms with van der Waals surface area (Å²) >= 11 is 0. The van der Waals surface area contributed by atoms with Crippen LogP contribution in [0.1, 0.15) is 39.0 Å². The van der Waals surface area contributed by atoms with Crippen LogP contribution in [0.5, 0.6) is 0 Å². The Morgan fingerprint density at radius 2 is 2.00 bits per heavy atom. The summed E-state index contributed by atoms with van der Waals surface area (Å²) in [6.07, 6.45) is 3.81. The van der Waals surface area contributed by atoms with Gasteiger partial charge >= 0.3 is 12.0 Å². The van der Waals surface area contributed by atoms with Crippen molar-refractivity contribution in [2.45, 2.75) is 50.6 Å². The molecule has 0 spiro atoms. The van der Waals surface area contributed by atoms with Crippen LogP contribution in [-0.4, -0.2) is 53.2 Å². The van der Waals surface area contributed by atoms with Crippen LogP contribution >= 0.6 is 0 Å². The van der Waals surface area contributed by atoms with E-state index in [1.165, 1.54) is 0 Å². The van der Waals surface area contributed by atoms with Crippen LogP contribution in [0.15, 0.2) is 0 Å². The van der Waals surface area contributed by atoms with Crippen molar-refractivity contribution in [3.63, 3.8) is 0 Å². The van der Waals surface area contributed by atoms with Gasteiger partial charge in [0.05, 0.1) is 0 Å². The molecule has 0 aromatic carbocycles. The molecule has 6 nitrogen and oxygen atoms in total. The molecule has 0 radical (unpaired) electrons. The van der Waals surface area contributed by atoms with Crippen LogP contribution in [0.3, 0.4) is 0 Å². The molecule has 2 fully saturated rings. The van der Waals surface area contributed by atoms with Crippen molar-refractivity contribution in [3.05, 3.63) is 0 Å². The van der Waals surface area contributed by atoms with Gasteiger partial charge in [0.2, 0.25) is 0 Å². The molecule has 108 valence electrons. The molecular weight excluding hydrogens is 246 g/mol. The number of carboxylic acid groups (broad SMARTS) is 1. The van der Waals surface area contributed by atoms with E-state index in [2.05, 4.69) is 10.6 Å². The van der Waals surface area contributed by atoms with Crippen LogP contribution in [-0.2, 0) is 4.79 Å². The van der Waals surface area contributed by atoms with E-state index in [1.54, 1.807) is 4.90 Å². The van der Waals surface area contributed by atoms with Crippen LogP contribution < -0.4 is 10.6 Å². The minimum Gasteiger partial charge on any atom is -0.480 e. The fraction of sp³-hybridized carbons (Fsp3) is 0.846. The number of piperidine rings is 1. The largest absolute Gasteiger partial charge is 0.480 e. The van der Waals surface area contributed by atoms with Gasteiger partial charge in [-0.05, 0) is 52.1 Å². The molecule has 0 unspecified atom stereocenters. The smallest absolute Gasteiger partial charge is 0.329 e. The summed E-state index contributed by atoms with van der Waals surface area (Å²) in [5, 5.41) is 15.3. The zero-order valence-electron chi connectivity index (χ0n) is 11.4. The lowest BCUT2D eigenvalue weighted by molar-refractivity contribution is -0.148. The van der Waals surface area contributed by atoms with Crippen molar-refractivity contribution in [3.8, 4) is 0 Å². The minimum absolute atomic E-state index is 0.220. The maximum atomic E-state index is 12.3. The molecule has 0 aromatic rings. The van der Waals surface area contributed by atoms with Gasteiger partial charge in [0, 0.05) is 12.6 Å². The Labute approximate surface area is 113 Å². The second-order valence-electron chi connectivity index (χ2n) is 5.44. The third-order valence-electron chi connectivity index (χ3n) is 4.31. The first-order valence-corrected chi connectivity index (χ1v) is 7.12. The maximum Gasteiger partial charge on any atom is 0.329 e. The Bertz CT molecular complexity index is 349. The molecule has 2 amide bonds. The van der Waals surface area contributed by atoms with E-state index in [0.29, 0.717) is 19.4 Å². The summed E-state index contributed by atoms with van der Waals surface area (Å²) in [7, 11) is 0. The van der Waals surface area contributed by atoms with Gasteiger partial charge in [0.25, 0.3) is 0 Å². The molecule has 1 heterocycles. The molecule has 1 aliphatic heterocycles. The summed E-state index contributed by atoms with van der Waals surface area (Å²) < 4.78 is 0. The molecule has 0 bridgehead atoms. The predicted molar refractivity (Wildman–Crippen MR) is 71.0 cm³/mol. The topological polar surface area (TPSA) is 81.7 Å². The van der Waals surface area contributed by atoms with Crippen molar-refractivity contribution in [1.29, 1.82) is 0 Å². The minimum atomic E-state index is -1.02. The highest BCUT2D eigenvalue weighted by atomic mass is 16.4. The van der Waals surface area contributed by atoms with E-state index in [1.807, 2.05) is 6.92 Å². The molecule has 0 atom stereocenters. The van der Waals surface area contributed by atoms with E-state index < -0.39 is 11.5 Å². The van der Waals surface area contributed by atoms with Crippen molar-refractivity contribution in [1.82, 2.24) is 15.5 Å². The number of carboxylic acids is 1. The lowest BCUT2D eigenvalue weighted by Gasteiger charge is -2.41. The van der Waals surface area contributed by atoms with Crippen molar-refractivity contribution < 1.29 is 14.7 Å². The molecule has 2 rings (SSSR count). The highest BCUT2D eigenvalue weighted by Crippen LogP contribution is 2.32. The summed E-state index contributed by atoms with van der Waals surface area (Å²) in [5.41, 5.74) is -1.02. The van der Waals surface area contributed by atoms with E-state index in [9.17, 15) is 14.7 Å². The highest BCUT2D eigenvalue weighted by Gasteiger charge is 2.46. The predicted octanol–water partition coefficient (Wildman–Crippen LogP) is 0.777. The Hall–Kier alpha value is -1.30. The molecule has 1 saturated heterocycles. The number of carbonyl (C=O) groups excluding carboxylic acids is 1. The second-order valence-corrected chi connectivity index (χ2v) is 5.44. The van der Waals surface area contributed by atoms with Gasteiger partial charge in [-0.3, -0.25) is 0 Å². The maximum absolute atomic E-state index is 12.3. The van der Waals surface area contributed by atoms with Crippen LogP contribution in [0.25, 0.3) is 0 Å². The monoisotopic (exact) mass is 269 g/mol. The Morgan fingerprint density at radius 3 is 2.42 bits per heavy atom. The summed E-state index contributed by atoms with van der Waals surface area (Å²) in [6.45, 7) is 4.39. The average Bonchev–Trinajstić information content (AvgIpc) is 2.35. The molecular formula is C13H23N3O3. The van der Waals surface area contributed by atoms with Gasteiger partial charge in [-0.2, -0.15) is 0 Å². The number of urea groups is 1. The molecule has 3 N–H and O–H groups in total. The number of nitrogens with zero attached hydrogens (tertiary/aromatic N) is 1. The van der Waals surface area contributed by atoms with Gasteiger partial charge in [-0.1, -0.05) is 0 Å². The van der Waals surface area contributed by atoms with Gasteiger partial charge < -0.3 is 20.6 Å². The zero-order chi connectivity index (χ0) is 13.9. The normalized spacial score (nSPS) is 22.4. The van der Waals surface area contributed by atoms with E-state index in [4.69, 9.17) is 0 Å². The fourth-order valence-electron chi connectivity index (χ4n) is 2.89. The summed E-state index contributed by atoms with van der Waals surface area (Å²) in [5.74, 6) is -0.909. The molecule has 6 heteroatoms. The third kappa shape index (κ3) is 2.83. The van der Waals surface area contributed by atoms with Crippen LogP contribution in [0.2, 0.25) is 0 Å². The summed E-state index contributed by atoms with van der Waals surface area (Å²) in [4.78, 5) is 25.4. The van der Waals surface area contributed by atoms with Gasteiger partial charge in [-0.15, -0.1) is 0 Å². The number of carbonyl (C=O) groups is 2.